The second-order valence-corrected chi connectivity index (χ2v) is 11.3. The lowest BCUT2D eigenvalue weighted by atomic mass is 9.88. The summed E-state index contributed by atoms with van der Waals surface area (Å²) in [6.45, 7) is 4.90. The van der Waals surface area contributed by atoms with E-state index in [4.69, 9.17) is 14.5 Å². The van der Waals surface area contributed by atoms with E-state index in [9.17, 15) is 9.18 Å². The van der Waals surface area contributed by atoms with Crippen LogP contribution in [0, 0.1) is 5.92 Å². The molecule has 4 nitrogen and oxygen atoms in total. The molecule has 0 unspecified atom stereocenters. The van der Waals surface area contributed by atoms with E-state index in [0.717, 1.165) is 55.5 Å². The Balaban J connectivity index is 1.32. The number of rotatable bonds is 18. The third kappa shape index (κ3) is 11.7. The molecular weight excluding hydrogens is 489 g/mol. The summed E-state index contributed by atoms with van der Waals surface area (Å²) in [6.07, 6.45) is 17.5. The van der Waals surface area contributed by atoms with Gasteiger partial charge in [0.15, 0.2) is 6.17 Å². The molecule has 1 atom stereocenters. The fourth-order valence-corrected chi connectivity index (χ4v) is 5.30. The smallest absolute Gasteiger partial charge is 0.340 e. The molecule has 1 heterocycles. The molecule has 1 aromatic carbocycles. The van der Waals surface area contributed by atoms with E-state index in [1.807, 2.05) is 25.3 Å². The molecule has 0 amide bonds. The minimum atomic E-state index is -1.48. The number of pyridine rings is 1. The van der Waals surface area contributed by atoms with Gasteiger partial charge >= 0.3 is 5.97 Å². The summed E-state index contributed by atoms with van der Waals surface area (Å²) in [5.41, 5.74) is 3.39. The van der Waals surface area contributed by atoms with E-state index in [2.05, 4.69) is 31.2 Å². The van der Waals surface area contributed by atoms with Crippen LogP contribution in [-0.4, -0.2) is 29.8 Å². The normalized spacial score (nSPS) is 18.0. The van der Waals surface area contributed by atoms with E-state index < -0.39 is 12.1 Å². The van der Waals surface area contributed by atoms with Crippen LogP contribution in [0.4, 0.5) is 4.39 Å². The van der Waals surface area contributed by atoms with Gasteiger partial charge in [0.25, 0.3) is 0 Å². The highest BCUT2D eigenvalue weighted by Gasteiger charge is 2.27. The number of halogens is 1. The van der Waals surface area contributed by atoms with Gasteiger partial charge in [-0.25, -0.2) is 9.18 Å². The van der Waals surface area contributed by atoms with E-state index in [0.29, 0.717) is 18.9 Å². The Morgan fingerprint density at radius 1 is 0.872 bits per heavy atom. The molecule has 0 bridgehead atoms. The largest absolute Gasteiger partial charge is 0.493 e. The van der Waals surface area contributed by atoms with Gasteiger partial charge in [0.2, 0.25) is 0 Å². The van der Waals surface area contributed by atoms with Crippen molar-refractivity contribution in [2.75, 3.05) is 6.61 Å². The van der Waals surface area contributed by atoms with Crippen LogP contribution in [0.2, 0.25) is 0 Å². The first kappa shape index (κ1) is 31.1. The molecule has 1 fully saturated rings. The molecule has 1 aliphatic carbocycles. The van der Waals surface area contributed by atoms with Crippen molar-refractivity contribution in [2.45, 2.75) is 129 Å². The van der Waals surface area contributed by atoms with Gasteiger partial charge in [-0.05, 0) is 86.8 Å². The summed E-state index contributed by atoms with van der Waals surface area (Å²) < 4.78 is 25.4. The standard InChI is InChI=1S/C34H50FNO3/c1-3-5-7-8-9-10-11-12-13-27-17-24-33(36-25-27)29-18-22-30(23-19-29)38-26-28-15-20-31(21-16-28)39-34(37)32(35)14-6-4-2/h17-19,22-25,28,31-32H,3-16,20-21,26H2,1-2H3/t28?,31?,32-/m0/s1. The van der Waals surface area contributed by atoms with Gasteiger partial charge in [-0.3, -0.25) is 4.98 Å². The molecule has 1 aromatic heterocycles. The number of aryl methyl sites for hydroxylation is 1. The molecule has 5 heteroatoms. The molecule has 0 spiro atoms. The van der Waals surface area contributed by atoms with Crippen molar-refractivity contribution in [1.29, 1.82) is 0 Å². The zero-order valence-corrected chi connectivity index (χ0v) is 24.3. The summed E-state index contributed by atoms with van der Waals surface area (Å²) in [6, 6.07) is 12.5. The van der Waals surface area contributed by atoms with Crippen molar-refractivity contribution in [3.63, 3.8) is 0 Å². The summed E-state index contributed by atoms with van der Waals surface area (Å²) in [7, 11) is 0. The fraction of sp³-hybridized carbons (Fsp3) is 0.647. The molecule has 1 saturated carbocycles. The van der Waals surface area contributed by atoms with E-state index in [-0.39, 0.29) is 12.5 Å². The van der Waals surface area contributed by atoms with Gasteiger partial charge in [-0.2, -0.15) is 0 Å². The van der Waals surface area contributed by atoms with Crippen LogP contribution in [0.5, 0.6) is 5.75 Å². The first-order chi connectivity index (χ1) is 19.1. The second kappa shape index (κ2) is 18.0. The Morgan fingerprint density at radius 3 is 2.18 bits per heavy atom. The van der Waals surface area contributed by atoms with Crippen LogP contribution >= 0.6 is 0 Å². The topological polar surface area (TPSA) is 48.4 Å². The van der Waals surface area contributed by atoms with Crippen molar-refractivity contribution in [1.82, 2.24) is 4.98 Å². The van der Waals surface area contributed by atoms with Gasteiger partial charge in [0.05, 0.1) is 12.3 Å². The average molecular weight is 540 g/mol. The number of unbranched alkanes of at least 4 members (excludes halogenated alkanes) is 8. The van der Waals surface area contributed by atoms with Crippen molar-refractivity contribution in [3.8, 4) is 17.0 Å². The first-order valence-corrected chi connectivity index (χ1v) is 15.6. The molecule has 216 valence electrons. The number of alkyl halides is 1. The van der Waals surface area contributed by atoms with Gasteiger partial charge in [-0.1, -0.05) is 77.7 Å². The zero-order chi connectivity index (χ0) is 27.7. The average Bonchev–Trinajstić information content (AvgIpc) is 2.97. The number of aromatic nitrogens is 1. The number of nitrogens with zero attached hydrogens (tertiary/aromatic N) is 1. The van der Waals surface area contributed by atoms with Crippen LogP contribution in [0.15, 0.2) is 42.6 Å². The number of carbonyl (C=O) groups excluding carboxylic acids is 1. The number of ether oxygens (including phenoxy) is 2. The highest BCUT2D eigenvalue weighted by atomic mass is 19.1. The van der Waals surface area contributed by atoms with E-state index in [1.165, 1.54) is 56.9 Å². The maximum atomic E-state index is 13.9. The van der Waals surface area contributed by atoms with Crippen molar-refractivity contribution >= 4 is 5.97 Å². The third-order valence-corrected chi connectivity index (χ3v) is 7.92. The highest BCUT2D eigenvalue weighted by Crippen LogP contribution is 2.28. The van der Waals surface area contributed by atoms with Crippen molar-refractivity contribution in [2.24, 2.45) is 5.92 Å². The number of hydrogen-bond donors (Lipinski definition) is 0. The van der Waals surface area contributed by atoms with E-state index in [1.54, 1.807) is 0 Å². The fourth-order valence-electron chi connectivity index (χ4n) is 5.30. The van der Waals surface area contributed by atoms with Crippen LogP contribution in [0.1, 0.15) is 116 Å². The SMILES string of the molecule is CCCCCCCCCCc1ccc(-c2ccc(OCC3CCC(OC(=O)[C@@H](F)CCCC)CC3)cc2)nc1. The van der Waals surface area contributed by atoms with Gasteiger partial charge < -0.3 is 9.47 Å². The van der Waals surface area contributed by atoms with Gasteiger partial charge in [0.1, 0.15) is 11.9 Å². The van der Waals surface area contributed by atoms with Crippen LogP contribution in [0.3, 0.4) is 0 Å². The Labute approximate surface area is 236 Å². The minimum Gasteiger partial charge on any atom is -0.493 e. The zero-order valence-electron chi connectivity index (χ0n) is 24.3. The predicted molar refractivity (Wildman–Crippen MR) is 158 cm³/mol. The lowest BCUT2D eigenvalue weighted by Gasteiger charge is -2.28. The quantitative estimate of drug-likeness (QED) is 0.140. The Bertz CT molecular complexity index is 922. The number of carbonyl (C=O) groups is 1. The molecule has 3 rings (SSSR count). The van der Waals surface area contributed by atoms with Crippen LogP contribution in [-0.2, 0) is 16.0 Å². The van der Waals surface area contributed by atoms with Crippen molar-refractivity contribution in [3.05, 3.63) is 48.2 Å². The Hall–Kier alpha value is -2.43. The molecular formula is C34H50FNO3. The van der Waals surface area contributed by atoms with Crippen LogP contribution in [0.25, 0.3) is 11.3 Å². The maximum absolute atomic E-state index is 13.9. The second-order valence-electron chi connectivity index (χ2n) is 11.3. The maximum Gasteiger partial charge on any atom is 0.340 e. The molecule has 0 saturated heterocycles. The monoisotopic (exact) mass is 539 g/mol. The number of esters is 1. The lowest BCUT2D eigenvalue weighted by molar-refractivity contribution is -0.157. The summed E-state index contributed by atoms with van der Waals surface area (Å²) in [5, 5.41) is 0. The number of hydrogen-bond acceptors (Lipinski definition) is 4. The molecule has 1 aliphatic rings. The van der Waals surface area contributed by atoms with Gasteiger partial charge in [-0.15, -0.1) is 0 Å². The van der Waals surface area contributed by atoms with Crippen LogP contribution < -0.4 is 4.74 Å². The molecule has 39 heavy (non-hydrogen) atoms. The van der Waals surface area contributed by atoms with Crippen molar-refractivity contribution < 1.29 is 18.7 Å². The Morgan fingerprint density at radius 2 is 1.54 bits per heavy atom. The van der Waals surface area contributed by atoms with E-state index >= 15 is 0 Å². The number of benzene rings is 1. The first-order valence-electron chi connectivity index (χ1n) is 15.6. The third-order valence-electron chi connectivity index (χ3n) is 7.92. The minimum absolute atomic E-state index is 0.160. The predicted octanol–water partition coefficient (Wildman–Crippen LogP) is 9.44. The highest BCUT2D eigenvalue weighted by molar-refractivity contribution is 5.74. The molecule has 2 aromatic rings. The van der Waals surface area contributed by atoms with Gasteiger partial charge in [0, 0.05) is 11.8 Å². The summed E-state index contributed by atoms with van der Waals surface area (Å²) >= 11 is 0. The Kier molecular flexibility index (Phi) is 14.4. The molecule has 0 aliphatic heterocycles. The molecule has 0 radical (unpaired) electrons. The summed E-state index contributed by atoms with van der Waals surface area (Å²) in [5.74, 6) is 0.599. The molecule has 0 N–H and O–H groups in total. The lowest BCUT2D eigenvalue weighted by Crippen LogP contribution is -2.30. The summed E-state index contributed by atoms with van der Waals surface area (Å²) in [4.78, 5) is 16.6.